The SMILES string of the molecule is CC[C@@H](O)[C@H](C)C/C=C\Cl. The maximum absolute atomic E-state index is 9.28. The summed E-state index contributed by atoms with van der Waals surface area (Å²) in [6, 6.07) is 0. The number of halogens is 1. The van der Waals surface area contributed by atoms with E-state index in [9.17, 15) is 5.11 Å². The molecule has 0 bridgehead atoms. The van der Waals surface area contributed by atoms with Crippen molar-refractivity contribution in [2.45, 2.75) is 32.8 Å². The molecule has 0 aromatic carbocycles. The van der Waals surface area contributed by atoms with Crippen LogP contribution in [0, 0.1) is 5.92 Å². The van der Waals surface area contributed by atoms with E-state index in [1.54, 1.807) is 0 Å². The molecule has 0 heterocycles. The quantitative estimate of drug-likeness (QED) is 0.674. The summed E-state index contributed by atoms with van der Waals surface area (Å²) in [6.45, 7) is 4.00. The van der Waals surface area contributed by atoms with Gasteiger partial charge in [-0.1, -0.05) is 31.5 Å². The largest absolute Gasteiger partial charge is 0.393 e. The van der Waals surface area contributed by atoms with Gasteiger partial charge in [0.05, 0.1) is 6.10 Å². The van der Waals surface area contributed by atoms with Crippen LogP contribution in [0.5, 0.6) is 0 Å². The number of hydrogen-bond donors (Lipinski definition) is 1. The van der Waals surface area contributed by atoms with Gasteiger partial charge in [0.15, 0.2) is 0 Å². The molecule has 2 atom stereocenters. The molecule has 0 aromatic heterocycles. The van der Waals surface area contributed by atoms with Gasteiger partial charge in [-0.25, -0.2) is 0 Å². The summed E-state index contributed by atoms with van der Waals surface area (Å²) in [7, 11) is 0. The highest BCUT2D eigenvalue weighted by molar-refractivity contribution is 6.25. The third-order valence-electron chi connectivity index (χ3n) is 1.67. The van der Waals surface area contributed by atoms with Crippen molar-refractivity contribution in [3.63, 3.8) is 0 Å². The highest BCUT2D eigenvalue weighted by Gasteiger charge is 2.08. The van der Waals surface area contributed by atoms with E-state index in [0.29, 0.717) is 5.92 Å². The Morgan fingerprint density at radius 1 is 1.60 bits per heavy atom. The van der Waals surface area contributed by atoms with Crippen LogP contribution in [0.3, 0.4) is 0 Å². The van der Waals surface area contributed by atoms with Gasteiger partial charge in [0.25, 0.3) is 0 Å². The molecule has 10 heavy (non-hydrogen) atoms. The molecule has 1 N–H and O–H groups in total. The Morgan fingerprint density at radius 3 is 2.60 bits per heavy atom. The van der Waals surface area contributed by atoms with Gasteiger partial charge < -0.3 is 5.11 Å². The third-order valence-corrected chi connectivity index (χ3v) is 1.85. The first kappa shape index (κ1) is 9.99. The summed E-state index contributed by atoms with van der Waals surface area (Å²) >= 11 is 5.33. The van der Waals surface area contributed by atoms with Crippen LogP contribution in [0.1, 0.15) is 26.7 Å². The van der Waals surface area contributed by atoms with Crippen LogP contribution in [0.2, 0.25) is 0 Å². The van der Waals surface area contributed by atoms with Gasteiger partial charge in [0.1, 0.15) is 0 Å². The summed E-state index contributed by atoms with van der Waals surface area (Å²) in [5.74, 6) is 0.319. The van der Waals surface area contributed by atoms with Crippen molar-refractivity contribution in [1.29, 1.82) is 0 Å². The first-order valence-corrected chi connectivity index (χ1v) is 4.09. The number of hydrogen-bond acceptors (Lipinski definition) is 1. The second-order valence-corrected chi connectivity index (χ2v) is 2.80. The van der Waals surface area contributed by atoms with E-state index >= 15 is 0 Å². The van der Waals surface area contributed by atoms with Gasteiger partial charge in [-0.3, -0.25) is 0 Å². The van der Waals surface area contributed by atoms with E-state index in [1.165, 1.54) is 5.54 Å². The molecule has 0 radical (unpaired) electrons. The Morgan fingerprint density at radius 2 is 2.20 bits per heavy atom. The predicted molar refractivity (Wildman–Crippen MR) is 45.1 cm³/mol. The van der Waals surface area contributed by atoms with Gasteiger partial charge in [0.2, 0.25) is 0 Å². The predicted octanol–water partition coefficient (Wildman–Crippen LogP) is 2.54. The molecule has 0 saturated carbocycles. The van der Waals surface area contributed by atoms with E-state index in [0.717, 1.165) is 12.8 Å². The minimum Gasteiger partial charge on any atom is -0.393 e. The van der Waals surface area contributed by atoms with Gasteiger partial charge >= 0.3 is 0 Å². The summed E-state index contributed by atoms with van der Waals surface area (Å²) in [6.07, 6.45) is 3.36. The van der Waals surface area contributed by atoms with E-state index in [1.807, 2.05) is 19.9 Å². The average Bonchev–Trinajstić information content (AvgIpc) is 1.98. The molecule has 0 aliphatic heterocycles. The Bertz CT molecular complexity index is 101. The molecular weight excluding hydrogens is 148 g/mol. The molecule has 0 aromatic rings. The second kappa shape index (κ2) is 5.75. The minimum absolute atomic E-state index is 0.187. The molecule has 0 fully saturated rings. The lowest BCUT2D eigenvalue weighted by Crippen LogP contribution is -2.15. The summed E-state index contributed by atoms with van der Waals surface area (Å²) in [5, 5.41) is 9.28. The zero-order valence-corrected chi connectivity index (χ0v) is 7.30. The minimum atomic E-state index is -0.187. The summed E-state index contributed by atoms with van der Waals surface area (Å²) < 4.78 is 0. The number of allylic oxidation sites excluding steroid dienone is 1. The smallest absolute Gasteiger partial charge is 0.0566 e. The third kappa shape index (κ3) is 3.91. The van der Waals surface area contributed by atoms with Crippen LogP contribution in [0.4, 0.5) is 0 Å². The van der Waals surface area contributed by atoms with Crippen molar-refractivity contribution in [1.82, 2.24) is 0 Å². The fraction of sp³-hybridized carbons (Fsp3) is 0.750. The zero-order chi connectivity index (χ0) is 7.98. The number of rotatable bonds is 4. The number of aliphatic hydroxyl groups is 1. The fourth-order valence-corrected chi connectivity index (χ4v) is 0.928. The lowest BCUT2D eigenvalue weighted by molar-refractivity contribution is 0.114. The monoisotopic (exact) mass is 162 g/mol. The van der Waals surface area contributed by atoms with Crippen LogP contribution in [0.15, 0.2) is 11.6 Å². The molecule has 0 aliphatic rings. The maximum Gasteiger partial charge on any atom is 0.0566 e. The Labute approximate surface area is 67.7 Å². The lowest BCUT2D eigenvalue weighted by atomic mass is 9.99. The van der Waals surface area contributed by atoms with Crippen molar-refractivity contribution in [3.05, 3.63) is 11.6 Å². The molecule has 1 nitrogen and oxygen atoms in total. The van der Waals surface area contributed by atoms with E-state index in [2.05, 4.69) is 0 Å². The first-order chi connectivity index (χ1) is 4.72. The molecule has 0 spiro atoms. The molecule has 2 heteroatoms. The van der Waals surface area contributed by atoms with E-state index in [4.69, 9.17) is 11.6 Å². The molecule has 0 saturated heterocycles. The standard InChI is InChI=1S/C8H15ClO/c1-3-8(10)7(2)5-4-6-9/h4,6-8,10H,3,5H2,1-2H3/b6-4-/t7-,8-/m1/s1. The highest BCUT2D eigenvalue weighted by atomic mass is 35.5. The van der Waals surface area contributed by atoms with Crippen molar-refractivity contribution >= 4 is 11.6 Å². The summed E-state index contributed by atoms with van der Waals surface area (Å²) in [4.78, 5) is 0. The van der Waals surface area contributed by atoms with Crippen LogP contribution in [-0.2, 0) is 0 Å². The molecular formula is C8H15ClO. The van der Waals surface area contributed by atoms with Crippen molar-refractivity contribution < 1.29 is 5.11 Å². The summed E-state index contributed by atoms with van der Waals surface area (Å²) in [5.41, 5.74) is 1.50. The Hall–Kier alpha value is -0.0100. The lowest BCUT2D eigenvalue weighted by Gasteiger charge is -2.14. The number of aliphatic hydroxyl groups excluding tert-OH is 1. The van der Waals surface area contributed by atoms with Gasteiger partial charge in [-0.15, -0.1) is 0 Å². The van der Waals surface area contributed by atoms with E-state index in [-0.39, 0.29) is 6.10 Å². The molecule has 0 rings (SSSR count). The zero-order valence-electron chi connectivity index (χ0n) is 6.55. The highest BCUT2D eigenvalue weighted by Crippen LogP contribution is 2.11. The Balaban J connectivity index is 3.50. The molecule has 0 aliphatic carbocycles. The van der Waals surface area contributed by atoms with Crippen molar-refractivity contribution in [2.75, 3.05) is 0 Å². The van der Waals surface area contributed by atoms with Crippen LogP contribution in [0.25, 0.3) is 0 Å². The molecule has 0 unspecified atom stereocenters. The van der Waals surface area contributed by atoms with E-state index < -0.39 is 0 Å². The van der Waals surface area contributed by atoms with Gasteiger partial charge in [-0.05, 0) is 18.8 Å². The topological polar surface area (TPSA) is 20.2 Å². The van der Waals surface area contributed by atoms with Crippen LogP contribution < -0.4 is 0 Å². The van der Waals surface area contributed by atoms with Crippen LogP contribution >= 0.6 is 11.6 Å². The second-order valence-electron chi connectivity index (χ2n) is 2.55. The average molecular weight is 163 g/mol. The normalized spacial score (nSPS) is 17.6. The van der Waals surface area contributed by atoms with Crippen LogP contribution in [-0.4, -0.2) is 11.2 Å². The fourth-order valence-electron chi connectivity index (χ4n) is 0.826. The van der Waals surface area contributed by atoms with Crippen molar-refractivity contribution in [2.24, 2.45) is 5.92 Å². The Kier molecular flexibility index (Phi) is 5.74. The first-order valence-electron chi connectivity index (χ1n) is 3.65. The van der Waals surface area contributed by atoms with Gasteiger partial charge in [0, 0.05) is 5.54 Å². The van der Waals surface area contributed by atoms with Gasteiger partial charge in [-0.2, -0.15) is 0 Å². The molecule has 60 valence electrons. The van der Waals surface area contributed by atoms with Crippen molar-refractivity contribution in [3.8, 4) is 0 Å². The molecule has 0 amide bonds. The maximum atomic E-state index is 9.28.